The van der Waals surface area contributed by atoms with E-state index in [4.69, 9.17) is 0 Å². The van der Waals surface area contributed by atoms with E-state index >= 15 is 0 Å². The first-order chi connectivity index (χ1) is 9.99. The SMILES string of the molecule is CCN(CC)C(=O)CN(C)C(=O)C(C)Sc1ccccc1. The van der Waals surface area contributed by atoms with Crippen LogP contribution < -0.4 is 0 Å². The van der Waals surface area contributed by atoms with Gasteiger partial charge in [-0.25, -0.2) is 0 Å². The second kappa shape index (κ2) is 8.72. The molecule has 0 fully saturated rings. The number of benzene rings is 1. The molecule has 0 heterocycles. The van der Waals surface area contributed by atoms with Crippen molar-refractivity contribution in [2.24, 2.45) is 0 Å². The van der Waals surface area contributed by atoms with Crippen LogP contribution in [-0.4, -0.2) is 53.5 Å². The molecule has 1 aromatic carbocycles. The van der Waals surface area contributed by atoms with Crippen molar-refractivity contribution in [2.45, 2.75) is 30.9 Å². The van der Waals surface area contributed by atoms with Crippen LogP contribution in [0.3, 0.4) is 0 Å². The van der Waals surface area contributed by atoms with Crippen molar-refractivity contribution in [3.8, 4) is 0 Å². The van der Waals surface area contributed by atoms with Gasteiger partial charge in [0, 0.05) is 25.0 Å². The molecule has 0 aliphatic heterocycles. The van der Waals surface area contributed by atoms with Gasteiger partial charge in [-0.3, -0.25) is 9.59 Å². The Morgan fingerprint density at radius 3 is 2.24 bits per heavy atom. The molecular formula is C16H24N2O2S. The predicted octanol–water partition coefficient (Wildman–Crippen LogP) is 2.49. The van der Waals surface area contributed by atoms with Gasteiger partial charge in [0.05, 0.1) is 11.8 Å². The number of thioether (sulfide) groups is 1. The lowest BCUT2D eigenvalue weighted by Gasteiger charge is -2.25. The molecule has 0 spiro atoms. The first-order valence-electron chi connectivity index (χ1n) is 7.24. The summed E-state index contributed by atoms with van der Waals surface area (Å²) in [6.45, 7) is 7.24. The molecular weight excluding hydrogens is 284 g/mol. The maximum absolute atomic E-state index is 12.3. The maximum atomic E-state index is 12.3. The zero-order valence-corrected chi connectivity index (χ0v) is 14.0. The Kier molecular flexibility index (Phi) is 7.29. The molecule has 0 bridgehead atoms. The van der Waals surface area contributed by atoms with Crippen LogP contribution in [0.5, 0.6) is 0 Å². The highest BCUT2D eigenvalue weighted by molar-refractivity contribution is 8.00. The molecule has 1 unspecified atom stereocenters. The van der Waals surface area contributed by atoms with Gasteiger partial charge in [-0.05, 0) is 32.9 Å². The Morgan fingerprint density at radius 1 is 1.14 bits per heavy atom. The molecule has 2 amide bonds. The normalized spacial score (nSPS) is 11.8. The Balaban J connectivity index is 2.55. The van der Waals surface area contributed by atoms with Crippen molar-refractivity contribution in [3.05, 3.63) is 30.3 Å². The van der Waals surface area contributed by atoms with Crippen LogP contribution in [-0.2, 0) is 9.59 Å². The van der Waals surface area contributed by atoms with Crippen LogP contribution in [0.4, 0.5) is 0 Å². The van der Waals surface area contributed by atoms with Gasteiger partial charge in [0.15, 0.2) is 0 Å². The minimum Gasteiger partial charge on any atom is -0.342 e. The van der Waals surface area contributed by atoms with Gasteiger partial charge in [-0.1, -0.05) is 18.2 Å². The summed E-state index contributed by atoms with van der Waals surface area (Å²) in [6, 6.07) is 9.82. The summed E-state index contributed by atoms with van der Waals surface area (Å²) >= 11 is 1.51. The molecule has 116 valence electrons. The van der Waals surface area contributed by atoms with Crippen LogP contribution in [0.25, 0.3) is 0 Å². The van der Waals surface area contributed by atoms with E-state index in [9.17, 15) is 9.59 Å². The van der Waals surface area contributed by atoms with Gasteiger partial charge in [-0.15, -0.1) is 11.8 Å². The van der Waals surface area contributed by atoms with Crippen LogP contribution in [0.15, 0.2) is 35.2 Å². The van der Waals surface area contributed by atoms with Crippen LogP contribution >= 0.6 is 11.8 Å². The predicted molar refractivity (Wildman–Crippen MR) is 87.3 cm³/mol. The lowest BCUT2D eigenvalue weighted by Crippen LogP contribution is -2.43. The minimum atomic E-state index is -0.207. The number of likely N-dealkylation sites (N-methyl/N-ethyl adjacent to an activating group) is 2. The fraction of sp³-hybridized carbons (Fsp3) is 0.500. The molecule has 0 aliphatic carbocycles. The molecule has 0 aromatic heterocycles. The first-order valence-corrected chi connectivity index (χ1v) is 8.12. The molecule has 21 heavy (non-hydrogen) atoms. The zero-order valence-electron chi connectivity index (χ0n) is 13.2. The second-order valence-corrected chi connectivity index (χ2v) is 6.25. The monoisotopic (exact) mass is 308 g/mol. The van der Waals surface area contributed by atoms with Gasteiger partial charge in [-0.2, -0.15) is 0 Å². The smallest absolute Gasteiger partial charge is 0.242 e. The molecule has 0 N–H and O–H groups in total. The average molecular weight is 308 g/mol. The first kappa shape index (κ1) is 17.6. The molecule has 5 heteroatoms. The Morgan fingerprint density at radius 2 is 1.71 bits per heavy atom. The van der Waals surface area contributed by atoms with Crippen LogP contribution in [0, 0.1) is 0 Å². The van der Waals surface area contributed by atoms with Crippen molar-refractivity contribution in [1.29, 1.82) is 0 Å². The number of hydrogen-bond acceptors (Lipinski definition) is 3. The number of rotatable bonds is 7. The van der Waals surface area contributed by atoms with E-state index < -0.39 is 0 Å². The van der Waals surface area contributed by atoms with Crippen molar-refractivity contribution in [2.75, 3.05) is 26.7 Å². The summed E-state index contributed by atoms with van der Waals surface area (Å²) in [5, 5.41) is -0.207. The third-order valence-electron chi connectivity index (χ3n) is 3.27. The quantitative estimate of drug-likeness (QED) is 0.727. The zero-order chi connectivity index (χ0) is 15.8. The largest absolute Gasteiger partial charge is 0.342 e. The number of carbonyl (C=O) groups excluding carboxylic acids is 2. The van der Waals surface area contributed by atoms with E-state index in [0.29, 0.717) is 13.1 Å². The van der Waals surface area contributed by atoms with Gasteiger partial charge >= 0.3 is 0 Å². The summed E-state index contributed by atoms with van der Waals surface area (Å²) in [6.07, 6.45) is 0. The van der Waals surface area contributed by atoms with E-state index in [1.165, 1.54) is 16.7 Å². The third-order valence-corrected chi connectivity index (χ3v) is 4.37. The highest BCUT2D eigenvalue weighted by Crippen LogP contribution is 2.23. The molecule has 4 nitrogen and oxygen atoms in total. The minimum absolute atomic E-state index is 0.00670. The summed E-state index contributed by atoms with van der Waals surface area (Å²) in [7, 11) is 1.69. The number of carbonyl (C=O) groups is 2. The fourth-order valence-corrected chi connectivity index (χ4v) is 3.02. The molecule has 0 aliphatic rings. The standard InChI is InChI=1S/C16H24N2O2S/c1-5-18(6-2)15(19)12-17(4)16(20)13(3)21-14-10-8-7-9-11-14/h7-11,13H,5-6,12H2,1-4H3. The van der Waals surface area contributed by atoms with Crippen LogP contribution in [0.1, 0.15) is 20.8 Å². The Labute approximate surface area is 131 Å². The number of hydrogen-bond donors (Lipinski definition) is 0. The van der Waals surface area contributed by atoms with Gasteiger partial charge in [0.25, 0.3) is 0 Å². The fourth-order valence-electron chi connectivity index (χ4n) is 2.02. The van der Waals surface area contributed by atoms with Crippen LogP contribution in [0.2, 0.25) is 0 Å². The van der Waals surface area contributed by atoms with E-state index in [0.717, 1.165) is 4.90 Å². The highest BCUT2D eigenvalue weighted by atomic mass is 32.2. The maximum Gasteiger partial charge on any atom is 0.242 e. The molecule has 0 saturated heterocycles. The number of amides is 2. The Bertz CT molecular complexity index is 461. The Hall–Kier alpha value is -1.49. The lowest BCUT2D eigenvalue weighted by atomic mass is 10.3. The third kappa shape index (κ3) is 5.42. The van der Waals surface area contributed by atoms with Gasteiger partial charge < -0.3 is 9.80 Å². The van der Waals surface area contributed by atoms with Crippen molar-refractivity contribution in [1.82, 2.24) is 9.80 Å². The summed E-state index contributed by atoms with van der Waals surface area (Å²) in [5.41, 5.74) is 0. The van der Waals surface area contributed by atoms with E-state index in [1.807, 2.05) is 51.1 Å². The summed E-state index contributed by atoms with van der Waals surface area (Å²) in [5.74, 6) is -0.0304. The van der Waals surface area contributed by atoms with E-state index in [-0.39, 0.29) is 23.6 Å². The molecule has 1 rings (SSSR count). The second-order valence-electron chi connectivity index (χ2n) is 4.83. The molecule has 1 aromatic rings. The van der Waals surface area contributed by atoms with Gasteiger partial charge in [0.2, 0.25) is 11.8 Å². The van der Waals surface area contributed by atoms with Crippen molar-refractivity contribution in [3.63, 3.8) is 0 Å². The van der Waals surface area contributed by atoms with Gasteiger partial charge in [0.1, 0.15) is 0 Å². The molecule has 0 saturated carbocycles. The summed E-state index contributed by atoms with van der Waals surface area (Å²) in [4.78, 5) is 28.7. The summed E-state index contributed by atoms with van der Waals surface area (Å²) < 4.78 is 0. The average Bonchev–Trinajstić information content (AvgIpc) is 2.48. The highest BCUT2D eigenvalue weighted by Gasteiger charge is 2.21. The van der Waals surface area contributed by atoms with Crippen molar-refractivity contribution < 1.29 is 9.59 Å². The topological polar surface area (TPSA) is 40.6 Å². The van der Waals surface area contributed by atoms with E-state index in [1.54, 1.807) is 11.9 Å². The lowest BCUT2D eigenvalue weighted by molar-refractivity contribution is -0.138. The molecule has 1 atom stereocenters. The molecule has 0 radical (unpaired) electrons. The number of nitrogens with zero attached hydrogens (tertiary/aromatic N) is 2. The van der Waals surface area contributed by atoms with E-state index in [2.05, 4.69) is 0 Å². The van der Waals surface area contributed by atoms with Crippen molar-refractivity contribution >= 4 is 23.6 Å².